The Kier molecular flexibility index (Phi) is 3.78. The lowest BCUT2D eigenvalue weighted by molar-refractivity contribution is 1.09. The highest BCUT2D eigenvalue weighted by Crippen LogP contribution is 2.23. The van der Waals surface area contributed by atoms with Crippen LogP contribution in [0.1, 0.15) is 23.6 Å². The quantitative estimate of drug-likeness (QED) is 0.716. The summed E-state index contributed by atoms with van der Waals surface area (Å²) in [6.45, 7) is 4.32. The third-order valence-electron chi connectivity index (χ3n) is 2.01. The van der Waals surface area contributed by atoms with E-state index in [0.29, 0.717) is 0 Å². The highest BCUT2D eigenvalue weighted by atomic mass is 79.9. The lowest BCUT2D eigenvalue weighted by atomic mass is 10.0. The Labute approximate surface area is 90.6 Å². The van der Waals surface area contributed by atoms with Crippen LogP contribution in [0.2, 0.25) is 0 Å². The smallest absolute Gasteiger partial charge is 0.0286 e. The van der Waals surface area contributed by atoms with Crippen molar-refractivity contribution >= 4 is 31.9 Å². The summed E-state index contributed by atoms with van der Waals surface area (Å²) in [5, 5.41) is 0.940. The number of halogens is 2. The van der Waals surface area contributed by atoms with Crippen molar-refractivity contribution in [3.05, 3.63) is 33.3 Å². The molecule has 1 rings (SSSR count). The van der Waals surface area contributed by atoms with Crippen molar-refractivity contribution < 1.29 is 0 Å². The molecule has 0 unspecified atom stereocenters. The van der Waals surface area contributed by atoms with Gasteiger partial charge in [-0.25, -0.2) is 0 Å². The monoisotopic (exact) mass is 290 g/mol. The molecule has 1 aromatic rings. The number of aryl methyl sites for hydroxylation is 2. The highest BCUT2D eigenvalue weighted by Gasteiger charge is 2.02. The van der Waals surface area contributed by atoms with Gasteiger partial charge in [-0.3, -0.25) is 0 Å². The van der Waals surface area contributed by atoms with E-state index in [4.69, 9.17) is 0 Å². The molecule has 0 nitrogen and oxygen atoms in total. The summed E-state index contributed by atoms with van der Waals surface area (Å²) < 4.78 is 1.20. The van der Waals surface area contributed by atoms with Gasteiger partial charge in [0.25, 0.3) is 0 Å². The molecular formula is C10H12Br2. The van der Waals surface area contributed by atoms with Gasteiger partial charge >= 0.3 is 0 Å². The Bertz CT molecular complexity index is 250. The Morgan fingerprint density at radius 2 is 1.92 bits per heavy atom. The second-order valence-corrected chi connectivity index (χ2v) is 4.27. The van der Waals surface area contributed by atoms with Gasteiger partial charge in [-0.05, 0) is 36.1 Å². The van der Waals surface area contributed by atoms with Crippen LogP contribution in [0.5, 0.6) is 0 Å². The minimum absolute atomic E-state index is 0.940. The van der Waals surface area contributed by atoms with E-state index in [0.717, 1.165) is 11.8 Å². The van der Waals surface area contributed by atoms with E-state index < -0.39 is 0 Å². The predicted octanol–water partition coefficient (Wildman–Crippen LogP) is 4.21. The van der Waals surface area contributed by atoms with E-state index in [1.54, 1.807) is 0 Å². The molecule has 0 saturated carbocycles. The molecule has 2 heteroatoms. The summed E-state index contributed by atoms with van der Waals surface area (Å²) in [7, 11) is 0. The van der Waals surface area contributed by atoms with Gasteiger partial charge in [0.2, 0.25) is 0 Å². The van der Waals surface area contributed by atoms with Crippen LogP contribution >= 0.6 is 31.9 Å². The van der Waals surface area contributed by atoms with Crippen molar-refractivity contribution in [2.75, 3.05) is 0 Å². The third kappa shape index (κ3) is 2.11. The normalized spacial score (nSPS) is 10.3. The largest absolute Gasteiger partial charge is 0.0876 e. The Morgan fingerprint density at radius 3 is 2.42 bits per heavy atom. The first-order chi connectivity index (χ1) is 5.69. The topological polar surface area (TPSA) is 0 Å². The molecule has 0 N–H and O–H groups in total. The maximum atomic E-state index is 3.53. The average molecular weight is 292 g/mol. The van der Waals surface area contributed by atoms with E-state index in [9.17, 15) is 0 Å². The lowest BCUT2D eigenvalue weighted by Crippen LogP contribution is -1.91. The van der Waals surface area contributed by atoms with Crippen molar-refractivity contribution in [2.45, 2.75) is 25.6 Å². The molecule has 0 saturated heterocycles. The molecule has 0 heterocycles. The average Bonchev–Trinajstić information content (AvgIpc) is 2.09. The number of benzene rings is 1. The number of hydrogen-bond acceptors (Lipinski definition) is 0. The van der Waals surface area contributed by atoms with Crippen LogP contribution in [0.4, 0.5) is 0 Å². The summed E-state index contributed by atoms with van der Waals surface area (Å²) in [5.41, 5.74) is 4.14. The van der Waals surface area contributed by atoms with Crippen molar-refractivity contribution in [3.63, 3.8) is 0 Å². The van der Waals surface area contributed by atoms with Gasteiger partial charge in [0, 0.05) is 9.80 Å². The van der Waals surface area contributed by atoms with Crippen LogP contribution in [0.15, 0.2) is 16.6 Å². The Balaban J connectivity index is 3.19. The summed E-state index contributed by atoms with van der Waals surface area (Å²) in [6, 6.07) is 4.45. The molecule has 12 heavy (non-hydrogen) atoms. The molecule has 1 aromatic carbocycles. The fraction of sp³-hybridized carbons (Fsp3) is 0.400. The summed E-state index contributed by atoms with van der Waals surface area (Å²) in [4.78, 5) is 0. The van der Waals surface area contributed by atoms with Crippen LogP contribution in [-0.4, -0.2) is 0 Å². The van der Waals surface area contributed by atoms with Crippen LogP contribution in [0, 0.1) is 6.92 Å². The summed E-state index contributed by atoms with van der Waals surface area (Å²) in [6.07, 6.45) is 1.11. The first-order valence-corrected chi connectivity index (χ1v) is 5.94. The first-order valence-electron chi connectivity index (χ1n) is 4.03. The first kappa shape index (κ1) is 10.3. The van der Waals surface area contributed by atoms with Crippen molar-refractivity contribution in [3.8, 4) is 0 Å². The molecule has 0 atom stereocenters. The van der Waals surface area contributed by atoms with E-state index in [2.05, 4.69) is 57.8 Å². The number of hydrogen-bond donors (Lipinski definition) is 0. The zero-order valence-electron chi connectivity index (χ0n) is 7.32. The zero-order chi connectivity index (χ0) is 9.14. The maximum absolute atomic E-state index is 3.53. The van der Waals surface area contributed by atoms with Crippen molar-refractivity contribution in [1.29, 1.82) is 0 Å². The Hall–Kier alpha value is 0.180. The van der Waals surface area contributed by atoms with Gasteiger partial charge < -0.3 is 0 Å². The van der Waals surface area contributed by atoms with Gasteiger partial charge in [0.05, 0.1) is 0 Å². The fourth-order valence-electron chi connectivity index (χ4n) is 1.24. The lowest BCUT2D eigenvalue weighted by Gasteiger charge is -2.07. The molecule has 0 radical (unpaired) electrons. The standard InChI is InChI=1S/C10H12Br2/c1-3-8-4-7(2)10(12)5-9(8)6-11/h4-5H,3,6H2,1-2H3. The molecule has 0 amide bonds. The minimum atomic E-state index is 0.940. The highest BCUT2D eigenvalue weighted by molar-refractivity contribution is 9.10. The van der Waals surface area contributed by atoms with Crippen LogP contribution < -0.4 is 0 Å². The molecule has 66 valence electrons. The molecule has 0 aliphatic heterocycles. The van der Waals surface area contributed by atoms with Gasteiger partial charge in [-0.2, -0.15) is 0 Å². The summed E-state index contributed by atoms with van der Waals surface area (Å²) >= 11 is 7.02. The van der Waals surface area contributed by atoms with Crippen molar-refractivity contribution in [1.82, 2.24) is 0 Å². The second kappa shape index (κ2) is 4.43. The van der Waals surface area contributed by atoms with Gasteiger partial charge in [0.1, 0.15) is 0 Å². The van der Waals surface area contributed by atoms with E-state index in [1.165, 1.54) is 21.2 Å². The number of alkyl halides is 1. The van der Waals surface area contributed by atoms with Crippen LogP contribution in [-0.2, 0) is 11.8 Å². The van der Waals surface area contributed by atoms with Gasteiger partial charge in [-0.1, -0.05) is 44.8 Å². The second-order valence-electron chi connectivity index (χ2n) is 2.86. The van der Waals surface area contributed by atoms with E-state index >= 15 is 0 Å². The minimum Gasteiger partial charge on any atom is -0.0876 e. The fourth-order valence-corrected chi connectivity index (χ4v) is 2.15. The van der Waals surface area contributed by atoms with Crippen LogP contribution in [0.25, 0.3) is 0 Å². The Morgan fingerprint density at radius 1 is 1.25 bits per heavy atom. The predicted molar refractivity (Wildman–Crippen MR) is 60.9 cm³/mol. The molecular weight excluding hydrogens is 280 g/mol. The number of rotatable bonds is 2. The molecule has 0 aliphatic carbocycles. The van der Waals surface area contributed by atoms with E-state index in [1.807, 2.05) is 0 Å². The molecule has 0 bridgehead atoms. The zero-order valence-corrected chi connectivity index (χ0v) is 10.5. The third-order valence-corrected chi connectivity index (χ3v) is 3.46. The SMILES string of the molecule is CCc1cc(C)c(Br)cc1CBr. The molecule has 0 spiro atoms. The summed E-state index contributed by atoms with van der Waals surface area (Å²) in [5.74, 6) is 0. The van der Waals surface area contributed by atoms with Gasteiger partial charge in [0.15, 0.2) is 0 Å². The molecule has 0 fully saturated rings. The maximum Gasteiger partial charge on any atom is 0.0286 e. The van der Waals surface area contributed by atoms with E-state index in [-0.39, 0.29) is 0 Å². The molecule has 0 aliphatic rings. The van der Waals surface area contributed by atoms with Crippen molar-refractivity contribution in [2.24, 2.45) is 0 Å². The van der Waals surface area contributed by atoms with Gasteiger partial charge in [-0.15, -0.1) is 0 Å². The molecule has 0 aromatic heterocycles. The van der Waals surface area contributed by atoms with Crippen LogP contribution in [0.3, 0.4) is 0 Å².